The Labute approximate surface area is 123 Å². The first-order valence-corrected chi connectivity index (χ1v) is 8.83. The molecular formula is C18H38N. The summed E-state index contributed by atoms with van der Waals surface area (Å²) in [6, 6.07) is 0.545. The van der Waals surface area contributed by atoms with Crippen molar-refractivity contribution in [2.24, 2.45) is 0 Å². The van der Waals surface area contributed by atoms with Crippen LogP contribution in [-0.4, -0.2) is 24.0 Å². The maximum absolute atomic E-state index is 4.40. The smallest absolute Gasteiger partial charge is 0.00958 e. The minimum Gasteiger partial charge on any atom is -0.300 e. The highest BCUT2D eigenvalue weighted by Crippen LogP contribution is 2.12. The van der Waals surface area contributed by atoms with Crippen LogP contribution in [-0.2, 0) is 0 Å². The molecule has 0 saturated carbocycles. The van der Waals surface area contributed by atoms with Gasteiger partial charge in [0.25, 0.3) is 0 Å². The van der Waals surface area contributed by atoms with Crippen molar-refractivity contribution in [2.75, 3.05) is 13.1 Å². The van der Waals surface area contributed by atoms with Crippen LogP contribution >= 0.6 is 0 Å². The van der Waals surface area contributed by atoms with E-state index in [9.17, 15) is 0 Å². The summed E-state index contributed by atoms with van der Waals surface area (Å²) in [5.41, 5.74) is 0. The highest BCUT2D eigenvalue weighted by Gasteiger charge is 2.12. The van der Waals surface area contributed by atoms with Gasteiger partial charge in [0, 0.05) is 6.04 Å². The van der Waals surface area contributed by atoms with Gasteiger partial charge in [-0.1, -0.05) is 72.1 Å². The van der Waals surface area contributed by atoms with E-state index >= 15 is 0 Å². The normalized spacial score (nSPS) is 13.1. The molecule has 0 heterocycles. The second-order valence-corrected chi connectivity index (χ2v) is 5.95. The topological polar surface area (TPSA) is 3.24 Å². The molecule has 0 fully saturated rings. The van der Waals surface area contributed by atoms with Crippen LogP contribution in [0.15, 0.2) is 0 Å². The molecule has 0 N–H and O–H groups in total. The second kappa shape index (κ2) is 14.4. The van der Waals surface area contributed by atoms with Crippen molar-refractivity contribution >= 4 is 0 Å². The summed E-state index contributed by atoms with van der Waals surface area (Å²) >= 11 is 0. The first-order chi connectivity index (χ1) is 9.26. The molecule has 0 rings (SSSR count). The van der Waals surface area contributed by atoms with E-state index in [0.717, 1.165) is 0 Å². The lowest BCUT2D eigenvalue weighted by atomic mass is 10.1. The Morgan fingerprint density at radius 3 is 1.58 bits per heavy atom. The quantitative estimate of drug-likeness (QED) is 0.358. The SMILES string of the molecule is [CH2]C(CCCC)N(CCCCCC)CCCCCC. The van der Waals surface area contributed by atoms with Crippen molar-refractivity contribution in [1.29, 1.82) is 0 Å². The van der Waals surface area contributed by atoms with Crippen molar-refractivity contribution in [3.05, 3.63) is 6.92 Å². The second-order valence-electron chi connectivity index (χ2n) is 5.95. The van der Waals surface area contributed by atoms with Gasteiger partial charge in [0.1, 0.15) is 0 Å². The lowest BCUT2D eigenvalue weighted by molar-refractivity contribution is 0.206. The molecule has 0 aliphatic rings. The molecule has 0 bridgehead atoms. The molecule has 0 aromatic carbocycles. The van der Waals surface area contributed by atoms with E-state index in [0.29, 0.717) is 6.04 Å². The number of nitrogens with zero attached hydrogens (tertiary/aromatic N) is 1. The van der Waals surface area contributed by atoms with Crippen LogP contribution < -0.4 is 0 Å². The van der Waals surface area contributed by atoms with E-state index in [1.807, 2.05) is 0 Å². The minimum atomic E-state index is 0.545. The maximum Gasteiger partial charge on any atom is 0.00958 e. The molecule has 0 amide bonds. The first-order valence-electron chi connectivity index (χ1n) is 8.83. The van der Waals surface area contributed by atoms with Gasteiger partial charge in [-0.15, -0.1) is 0 Å². The van der Waals surface area contributed by atoms with Crippen LogP contribution in [0.25, 0.3) is 0 Å². The zero-order valence-electron chi connectivity index (χ0n) is 13.9. The molecule has 19 heavy (non-hydrogen) atoms. The zero-order valence-corrected chi connectivity index (χ0v) is 13.9. The van der Waals surface area contributed by atoms with Crippen molar-refractivity contribution in [1.82, 2.24) is 4.90 Å². The molecule has 1 nitrogen and oxygen atoms in total. The summed E-state index contributed by atoms with van der Waals surface area (Å²) in [4.78, 5) is 2.65. The number of hydrogen-bond acceptors (Lipinski definition) is 1. The summed E-state index contributed by atoms with van der Waals surface area (Å²) in [6.45, 7) is 13.8. The molecule has 0 aromatic rings. The van der Waals surface area contributed by atoms with Gasteiger partial charge >= 0.3 is 0 Å². The fraction of sp³-hybridized carbons (Fsp3) is 0.944. The summed E-state index contributed by atoms with van der Waals surface area (Å²) in [6.07, 6.45) is 14.9. The summed E-state index contributed by atoms with van der Waals surface area (Å²) in [7, 11) is 0. The number of rotatable bonds is 14. The van der Waals surface area contributed by atoms with Crippen LogP contribution in [0.4, 0.5) is 0 Å². The van der Waals surface area contributed by atoms with Crippen LogP contribution in [0.2, 0.25) is 0 Å². The fourth-order valence-electron chi connectivity index (χ4n) is 2.58. The third-order valence-corrected chi connectivity index (χ3v) is 4.01. The van der Waals surface area contributed by atoms with Gasteiger partial charge in [-0.05, 0) is 39.3 Å². The molecule has 1 radical (unpaired) electrons. The summed E-state index contributed by atoms with van der Waals surface area (Å²) < 4.78 is 0. The molecule has 1 unspecified atom stereocenters. The standard InChI is InChI=1S/C18H38N/c1-5-8-11-13-16-19(17-14-12-9-6-2)18(4)15-10-7-3/h18H,4-17H2,1-3H3. The van der Waals surface area contributed by atoms with Gasteiger partial charge in [-0.3, -0.25) is 0 Å². The van der Waals surface area contributed by atoms with E-state index in [1.54, 1.807) is 0 Å². The van der Waals surface area contributed by atoms with Gasteiger partial charge in [0.2, 0.25) is 0 Å². The third kappa shape index (κ3) is 11.5. The predicted molar refractivity (Wildman–Crippen MR) is 88.5 cm³/mol. The van der Waals surface area contributed by atoms with Gasteiger partial charge in [-0.2, -0.15) is 0 Å². The van der Waals surface area contributed by atoms with Gasteiger partial charge in [-0.25, -0.2) is 0 Å². The first kappa shape index (κ1) is 19.0. The lowest BCUT2D eigenvalue weighted by Crippen LogP contribution is -2.35. The molecule has 0 aliphatic carbocycles. The summed E-state index contributed by atoms with van der Waals surface area (Å²) in [5, 5.41) is 0. The average molecular weight is 269 g/mol. The van der Waals surface area contributed by atoms with Crippen LogP contribution in [0.5, 0.6) is 0 Å². The summed E-state index contributed by atoms with van der Waals surface area (Å²) in [5.74, 6) is 0. The minimum absolute atomic E-state index is 0.545. The molecule has 0 aromatic heterocycles. The monoisotopic (exact) mass is 268 g/mol. The Bertz CT molecular complexity index is 155. The highest BCUT2D eigenvalue weighted by atomic mass is 15.1. The van der Waals surface area contributed by atoms with E-state index in [4.69, 9.17) is 0 Å². The Hall–Kier alpha value is -0.0400. The average Bonchev–Trinajstić information content (AvgIpc) is 2.43. The van der Waals surface area contributed by atoms with Crippen LogP contribution in [0.1, 0.15) is 91.4 Å². The molecule has 115 valence electrons. The maximum atomic E-state index is 4.40. The Balaban J connectivity index is 3.91. The fourth-order valence-corrected chi connectivity index (χ4v) is 2.58. The molecular weight excluding hydrogens is 230 g/mol. The van der Waals surface area contributed by atoms with Crippen molar-refractivity contribution < 1.29 is 0 Å². The molecule has 0 aliphatic heterocycles. The van der Waals surface area contributed by atoms with Gasteiger partial charge < -0.3 is 4.90 Å². The Morgan fingerprint density at radius 1 is 0.684 bits per heavy atom. The van der Waals surface area contributed by atoms with Gasteiger partial charge in [0.15, 0.2) is 0 Å². The molecule has 1 atom stereocenters. The predicted octanol–water partition coefficient (Wildman–Crippen LogP) is 5.84. The van der Waals surface area contributed by atoms with Crippen LogP contribution in [0.3, 0.4) is 0 Å². The molecule has 0 saturated heterocycles. The van der Waals surface area contributed by atoms with Crippen molar-refractivity contribution in [3.8, 4) is 0 Å². The lowest BCUT2D eigenvalue weighted by Gasteiger charge is -2.29. The van der Waals surface area contributed by atoms with E-state index in [-0.39, 0.29) is 0 Å². The Kier molecular flexibility index (Phi) is 14.3. The van der Waals surface area contributed by atoms with Gasteiger partial charge in [0.05, 0.1) is 0 Å². The Morgan fingerprint density at radius 2 is 1.16 bits per heavy atom. The molecule has 0 spiro atoms. The zero-order chi connectivity index (χ0) is 14.3. The largest absolute Gasteiger partial charge is 0.300 e. The van der Waals surface area contributed by atoms with Crippen molar-refractivity contribution in [2.45, 2.75) is 97.4 Å². The highest BCUT2D eigenvalue weighted by molar-refractivity contribution is 4.74. The van der Waals surface area contributed by atoms with Crippen LogP contribution in [0, 0.1) is 6.92 Å². The molecule has 1 heteroatoms. The van der Waals surface area contributed by atoms with E-state index in [2.05, 4.69) is 32.6 Å². The number of hydrogen-bond donors (Lipinski definition) is 0. The van der Waals surface area contributed by atoms with E-state index in [1.165, 1.54) is 83.7 Å². The third-order valence-electron chi connectivity index (χ3n) is 4.01. The number of unbranched alkanes of at least 4 members (excludes halogenated alkanes) is 7. The van der Waals surface area contributed by atoms with E-state index < -0.39 is 0 Å². The van der Waals surface area contributed by atoms with Crippen molar-refractivity contribution in [3.63, 3.8) is 0 Å².